The number of pyridine rings is 1. The molecule has 1 spiro atoms. The number of hydrogen-bond donors (Lipinski definition) is 1. The molecule has 3 saturated heterocycles. The molecule has 1 N–H and O–H groups in total. The van der Waals surface area contributed by atoms with Gasteiger partial charge >= 0.3 is 0 Å². The van der Waals surface area contributed by atoms with Gasteiger partial charge in [0.2, 0.25) is 5.91 Å². The fraction of sp³-hybridized carbons (Fsp3) is 0.647. The number of amides is 1. The molecule has 3 fully saturated rings. The van der Waals surface area contributed by atoms with Crippen molar-refractivity contribution in [2.75, 3.05) is 37.8 Å². The van der Waals surface area contributed by atoms with Crippen molar-refractivity contribution >= 4 is 15.7 Å². The van der Waals surface area contributed by atoms with Gasteiger partial charge in [0.25, 0.3) is 0 Å². The van der Waals surface area contributed by atoms with E-state index in [0.29, 0.717) is 26.2 Å². The molecular formula is C17H23N3O5S. The fourth-order valence-electron chi connectivity index (χ4n) is 3.83. The molecule has 4 heterocycles. The Bertz CT molecular complexity index is 760. The summed E-state index contributed by atoms with van der Waals surface area (Å²) in [6, 6.07) is 3.70. The van der Waals surface area contributed by atoms with Gasteiger partial charge in [0.15, 0.2) is 9.84 Å². The van der Waals surface area contributed by atoms with Crippen molar-refractivity contribution < 1.29 is 22.7 Å². The summed E-state index contributed by atoms with van der Waals surface area (Å²) < 4.78 is 34.1. The van der Waals surface area contributed by atoms with Crippen LogP contribution in [0.25, 0.3) is 0 Å². The van der Waals surface area contributed by atoms with Crippen molar-refractivity contribution in [2.45, 2.75) is 30.7 Å². The van der Waals surface area contributed by atoms with E-state index >= 15 is 0 Å². The molecule has 4 rings (SSSR count). The number of sulfone groups is 1. The van der Waals surface area contributed by atoms with E-state index in [0.717, 1.165) is 13.1 Å². The zero-order valence-electron chi connectivity index (χ0n) is 14.5. The highest BCUT2D eigenvalue weighted by molar-refractivity contribution is 7.92. The van der Waals surface area contributed by atoms with Gasteiger partial charge in [-0.25, -0.2) is 8.42 Å². The summed E-state index contributed by atoms with van der Waals surface area (Å²) in [5, 5.41) is 2.77. The first-order valence-corrected chi connectivity index (χ1v) is 10.6. The minimum absolute atomic E-state index is 0.0206. The van der Waals surface area contributed by atoms with Crippen LogP contribution in [0.1, 0.15) is 12.0 Å². The second-order valence-corrected chi connectivity index (χ2v) is 9.54. The number of aromatic nitrogens is 1. The minimum Gasteiger partial charge on any atom is -0.370 e. The van der Waals surface area contributed by atoms with Gasteiger partial charge in [-0.3, -0.25) is 14.7 Å². The number of nitrogens with zero attached hydrogens (tertiary/aromatic N) is 2. The fourth-order valence-corrected chi connectivity index (χ4v) is 5.13. The Kier molecular flexibility index (Phi) is 4.72. The van der Waals surface area contributed by atoms with Crippen molar-refractivity contribution in [3.8, 4) is 0 Å². The lowest BCUT2D eigenvalue weighted by atomic mass is 9.97. The standard InChI is InChI=1S/C17H23N3O5S/c21-16(19-14-9-26(22,23)10-14)15-7-17(12-24-15)11-20(5-6-25-17)8-13-1-3-18-4-2-13/h1-4,14-15H,5-12H2,(H,19,21)/t15-,17+/m1/s1. The smallest absolute Gasteiger partial charge is 0.249 e. The zero-order chi connectivity index (χ0) is 18.2. The Morgan fingerprint density at radius 2 is 2.12 bits per heavy atom. The van der Waals surface area contributed by atoms with Gasteiger partial charge in [-0.15, -0.1) is 0 Å². The predicted octanol–water partition coefficient (Wildman–Crippen LogP) is -0.645. The number of carbonyl (C=O) groups excluding carboxylic acids is 1. The number of carbonyl (C=O) groups is 1. The Morgan fingerprint density at radius 3 is 2.85 bits per heavy atom. The van der Waals surface area contributed by atoms with E-state index in [1.165, 1.54) is 5.56 Å². The molecule has 0 bridgehead atoms. The van der Waals surface area contributed by atoms with E-state index in [1.54, 1.807) is 12.4 Å². The summed E-state index contributed by atoms with van der Waals surface area (Å²) in [4.78, 5) is 18.7. The molecule has 0 aromatic carbocycles. The molecular weight excluding hydrogens is 358 g/mol. The van der Waals surface area contributed by atoms with E-state index in [4.69, 9.17) is 9.47 Å². The Balaban J connectivity index is 1.32. The van der Waals surface area contributed by atoms with Gasteiger partial charge in [-0.2, -0.15) is 0 Å². The minimum atomic E-state index is -2.96. The molecule has 3 aliphatic heterocycles. The topological polar surface area (TPSA) is 97.8 Å². The highest BCUT2D eigenvalue weighted by atomic mass is 32.2. The molecule has 0 radical (unpaired) electrons. The highest BCUT2D eigenvalue weighted by Crippen LogP contribution is 2.32. The van der Waals surface area contributed by atoms with Crippen LogP contribution in [-0.4, -0.2) is 79.8 Å². The predicted molar refractivity (Wildman–Crippen MR) is 93.1 cm³/mol. The maximum Gasteiger partial charge on any atom is 0.249 e. The number of rotatable bonds is 4. The molecule has 9 heteroatoms. The normalized spacial score (nSPS) is 31.6. The van der Waals surface area contributed by atoms with E-state index in [-0.39, 0.29) is 23.5 Å². The molecule has 142 valence electrons. The largest absolute Gasteiger partial charge is 0.370 e. The van der Waals surface area contributed by atoms with Gasteiger partial charge in [0.05, 0.1) is 30.8 Å². The van der Waals surface area contributed by atoms with Crippen LogP contribution in [0.15, 0.2) is 24.5 Å². The summed E-state index contributed by atoms with van der Waals surface area (Å²) in [5.74, 6) is -0.198. The molecule has 0 aliphatic carbocycles. The third kappa shape index (κ3) is 3.90. The molecule has 26 heavy (non-hydrogen) atoms. The monoisotopic (exact) mass is 381 g/mol. The van der Waals surface area contributed by atoms with E-state index in [1.807, 2.05) is 12.1 Å². The molecule has 2 atom stereocenters. The third-order valence-electron chi connectivity index (χ3n) is 5.14. The summed E-state index contributed by atoms with van der Waals surface area (Å²) >= 11 is 0. The van der Waals surface area contributed by atoms with E-state index in [2.05, 4.69) is 15.2 Å². The van der Waals surface area contributed by atoms with Crippen LogP contribution < -0.4 is 5.32 Å². The third-order valence-corrected chi connectivity index (χ3v) is 6.96. The summed E-state index contributed by atoms with van der Waals surface area (Å²) in [5.41, 5.74) is 0.718. The number of ether oxygens (including phenoxy) is 2. The quantitative estimate of drug-likeness (QED) is 0.740. The van der Waals surface area contributed by atoms with Gasteiger partial charge < -0.3 is 14.8 Å². The average molecular weight is 381 g/mol. The van der Waals surface area contributed by atoms with Crippen LogP contribution in [0, 0.1) is 0 Å². The van der Waals surface area contributed by atoms with E-state index < -0.39 is 21.5 Å². The summed E-state index contributed by atoms with van der Waals surface area (Å²) in [6.45, 7) is 3.33. The molecule has 0 unspecified atom stereocenters. The Morgan fingerprint density at radius 1 is 1.35 bits per heavy atom. The highest BCUT2D eigenvalue weighted by Gasteiger charge is 2.47. The van der Waals surface area contributed by atoms with Crippen molar-refractivity contribution in [1.82, 2.24) is 15.2 Å². The van der Waals surface area contributed by atoms with Gasteiger partial charge in [-0.1, -0.05) is 0 Å². The molecule has 1 aromatic heterocycles. The van der Waals surface area contributed by atoms with E-state index in [9.17, 15) is 13.2 Å². The molecule has 1 amide bonds. The van der Waals surface area contributed by atoms with Gasteiger partial charge in [0, 0.05) is 38.4 Å². The first-order chi connectivity index (χ1) is 12.4. The zero-order valence-corrected chi connectivity index (χ0v) is 15.3. The van der Waals surface area contributed by atoms with Crippen LogP contribution in [0.5, 0.6) is 0 Å². The summed E-state index contributed by atoms with van der Waals surface area (Å²) in [7, 11) is -2.96. The van der Waals surface area contributed by atoms with Crippen molar-refractivity contribution in [3.05, 3.63) is 30.1 Å². The first-order valence-electron chi connectivity index (χ1n) is 8.81. The Labute approximate surface area is 152 Å². The van der Waals surface area contributed by atoms with Crippen LogP contribution in [0.2, 0.25) is 0 Å². The van der Waals surface area contributed by atoms with Crippen molar-refractivity contribution in [2.24, 2.45) is 0 Å². The lowest BCUT2D eigenvalue weighted by Gasteiger charge is -2.39. The maximum atomic E-state index is 12.4. The molecule has 1 aromatic rings. The van der Waals surface area contributed by atoms with Crippen molar-refractivity contribution in [3.63, 3.8) is 0 Å². The van der Waals surface area contributed by atoms with Crippen LogP contribution >= 0.6 is 0 Å². The van der Waals surface area contributed by atoms with Gasteiger partial charge in [-0.05, 0) is 17.7 Å². The average Bonchev–Trinajstić information content (AvgIpc) is 2.97. The first kappa shape index (κ1) is 17.8. The van der Waals surface area contributed by atoms with Crippen LogP contribution in [0.4, 0.5) is 0 Å². The second kappa shape index (κ2) is 6.88. The lowest BCUT2D eigenvalue weighted by molar-refractivity contribution is -0.130. The number of hydrogen-bond acceptors (Lipinski definition) is 7. The number of nitrogens with one attached hydrogen (secondary N) is 1. The SMILES string of the molecule is O=C(NC1CS(=O)(=O)C1)[C@H]1C[C@@]2(CO1)CN(Cc1ccncc1)CCO2. The van der Waals surface area contributed by atoms with Crippen molar-refractivity contribution in [1.29, 1.82) is 0 Å². The summed E-state index contributed by atoms with van der Waals surface area (Å²) in [6.07, 6.45) is 3.47. The molecule has 0 saturated carbocycles. The molecule has 3 aliphatic rings. The number of morpholine rings is 1. The second-order valence-electron chi connectivity index (χ2n) is 7.38. The Hall–Kier alpha value is -1.55. The molecule has 8 nitrogen and oxygen atoms in total. The van der Waals surface area contributed by atoms with Gasteiger partial charge in [0.1, 0.15) is 11.7 Å². The van der Waals surface area contributed by atoms with Crippen LogP contribution in [-0.2, 0) is 30.7 Å². The maximum absolute atomic E-state index is 12.4. The van der Waals surface area contributed by atoms with Crippen LogP contribution in [0.3, 0.4) is 0 Å². The lowest BCUT2D eigenvalue weighted by Crippen LogP contribution is -2.55.